The molecular formula is C24H37NO4. The first-order valence-corrected chi connectivity index (χ1v) is 11.0. The molecule has 2 bridgehead atoms. The Morgan fingerprint density at radius 1 is 1.14 bits per heavy atom. The summed E-state index contributed by atoms with van der Waals surface area (Å²) >= 11 is 0. The molecule has 2 aliphatic carbocycles. The first-order chi connectivity index (χ1) is 13.8. The number of rotatable bonds is 7. The molecule has 0 radical (unpaired) electrons. The summed E-state index contributed by atoms with van der Waals surface area (Å²) in [7, 11) is 3.34. The van der Waals surface area contributed by atoms with Gasteiger partial charge in [0.2, 0.25) is 0 Å². The molecule has 1 aliphatic heterocycles. The van der Waals surface area contributed by atoms with Crippen LogP contribution in [-0.2, 0) is 17.7 Å². The molecule has 2 fully saturated rings. The second-order valence-corrected chi connectivity index (χ2v) is 10.0. The van der Waals surface area contributed by atoms with Crippen molar-refractivity contribution in [3.05, 3.63) is 23.3 Å². The molecule has 162 valence electrons. The van der Waals surface area contributed by atoms with Gasteiger partial charge in [0, 0.05) is 19.6 Å². The highest BCUT2D eigenvalue weighted by Gasteiger charge is 2.61. The number of β-amino-alcohol motifs (C(OH)–C–C–N with tert-alkyl or cyclic N) is 1. The van der Waals surface area contributed by atoms with Crippen LogP contribution in [0.3, 0.4) is 0 Å². The molecule has 29 heavy (non-hydrogen) atoms. The van der Waals surface area contributed by atoms with Gasteiger partial charge in [-0.15, -0.1) is 0 Å². The summed E-state index contributed by atoms with van der Waals surface area (Å²) in [5.41, 5.74) is 3.15. The maximum Gasteiger partial charge on any atom is 0.161 e. The number of aliphatic hydroxyl groups is 1. The van der Waals surface area contributed by atoms with Crippen LogP contribution < -0.4 is 9.47 Å². The molecule has 1 heterocycles. The molecule has 1 aromatic rings. The SMILES string of the molecule is COc1cc2c(cc1OC)CN(C[C@@H](O)CO[C@H]1C[C@H]3CC[C@@]1(C)C3(C)C)CC2. The summed E-state index contributed by atoms with van der Waals surface area (Å²) in [5, 5.41) is 10.7. The third-order valence-corrected chi connectivity index (χ3v) is 8.47. The normalized spacial score (nSPS) is 31.5. The Hall–Kier alpha value is -1.30. The van der Waals surface area contributed by atoms with Crippen molar-refractivity contribution in [2.75, 3.05) is 33.9 Å². The molecule has 0 unspecified atom stereocenters. The number of fused-ring (bicyclic) bond motifs is 3. The maximum atomic E-state index is 10.7. The van der Waals surface area contributed by atoms with Crippen LogP contribution in [-0.4, -0.2) is 56.1 Å². The van der Waals surface area contributed by atoms with Gasteiger partial charge in [0.1, 0.15) is 0 Å². The summed E-state index contributed by atoms with van der Waals surface area (Å²) in [4.78, 5) is 2.31. The van der Waals surface area contributed by atoms with Crippen molar-refractivity contribution in [3.63, 3.8) is 0 Å². The van der Waals surface area contributed by atoms with Gasteiger partial charge in [-0.1, -0.05) is 20.8 Å². The maximum absolute atomic E-state index is 10.7. The van der Waals surface area contributed by atoms with Crippen molar-refractivity contribution in [1.29, 1.82) is 0 Å². The number of hydrogen-bond acceptors (Lipinski definition) is 5. The first kappa shape index (κ1) is 21.0. The molecule has 5 heteroatoms. The Balaban J connectivity index is 1.32. The van der Waals surface area contributed by atoms with Crippen molar-refractivity contribution in [2.24, 2.45) is 16.7 Å². The third kappa shape index (κ3) is 3.55. The van der Waals surface area contributed by atoms with E-state index in [4.69, 9.17) is 14.2 Å². The predicted octanol–water partition coefficient (Wildman–Crippen LogP) is 3.65. The van der Waals surface area contributed by atoms with Crippen LogP contribution in [0.2, 0.25) is 0 Å². The third-order valence-electron chi connectivity index (χ3n) is 8.47. The number of methoxy groups -OCH3 is 2. The van der Waals surface area contributed by atoms with Crippen LogP contribution >= 0.6 is 0 Å². The molecule has 1 aromatic carbocycles. The minimum atomic E-state index is -0.456. The van der Waals surface area contributed by atoms with Gasteiger partial charge in [-0.3, -0.25) is 4.90 Å². The summed E-state index contributed by atoms with van der Waals surface area (Å²) < 4.78 is 17.2. The lowest BCUT2D eigenvalue weighted by Crippen LogP contribution is -2.41. The van der Waals surface area contributed by atoms with Gasteiger partial charge in [0.25, 0.3) is 0 Å². The fourth-order valence-corrected chi connectivity index (χ4v) is 6.06. The monoisotopic (exact) mass is 403 g/mol. The lowest BCUT2D eigenvalue weighted by atomic mass is 9.70. The predicted molar refractivity (Wildman–Crippen MR) is 114 cm³/mol. The van der Waals surface area contributed by atoms with Crippen LogP contribution in [0, 0.1) is 16.7 Å². The summed E-state index contributed by atoms with van der Waals surface area (Å²) in [6, 6.07) is 4.16. The molecule has 0 amide bonds. The first-order valence-electron chi connectivity index (χ1n) is 11.0. The van der Waals surface area contributed by atoms with Crippen molar-refractivity contribution >= 4 is 0 Å². The zero-order valence-electron chi connectivity index (χ0n) is 18.7. The van der Waals surface area contributed by atoms with Gasteiger partial charge >= 0.3 is 0 Å². The smallest absolute Gasteiger partial charge is 0.161 e. The quantitative estimate of drug-likeness (QED) is 0.753. The topological polar surface area (TPSA) is 51.2 Å². The second kappa shape index (κ2) is 7.75. The van der Waals surface area contributed by atoms with Gasteiger partial charge in [-0.25, -0.2) is 0 Å². The van der Waals surface area contributed by atoms with Crippen LogP contribution in [0.25, 0.3) is 0 Å². The van der Waals surface area contributed by atoms with E-state index in [-0.39, 0.29) is 11.5 Å². The zero-order valence-corrected chi connectivity index (χ0v) is 18.7. The van der Waals surface area contributed by atoms with E-state index in [0.29, 0.717) is 18.6 Å². The highest BCUT2D eigenvalue weighted by molar-refractivity contribution is 5.48. The van der Waals surface area contributed by atoms with Crippen LogP contribution in [0.15, 0.2) is 12.1 Å². The van der Waals surface area contributed by atoms with Crippen molar-refractivity contribution in [1.82, 2.24) is 4.90 Å². The number of nitrogens with zero attached hydrogens (tertiary/aromatic N) is 1. The zero-order chi connectivity index (χ0) is 20.8. The van der Waals surface area contributed by atoms with E-state index >= 15 is 0 Å². The van der Waals surface area contributed by atoms with E-state index < -0.39 is 6.10 Å². The highest BCUT2D eigenvalue weighted by atomic mass is 16.5. The lowest BCUT2D eigenvalue weighted by molar-refractivity contribution is -0.0798. The number of hydrogen-bond donors (Lipinski definition) is 1. The van der Waals surface area contributed by atoms with Gasteiger partial charge in [-0.2, -0.15) is 0 Å². The molecule has 0 aromatic heterocycles. The van der Waals surface area contributed by atoms with E-state index in [0.717, 1.165) is 43.3 Å². The van der Waals surface area contributed by atoms with Crippen molar-refractivity contribution in [2.45, 2.75) is 65.2 Å². The standard InChI is InChI=1S/C24H37NO4/c1-23(2)18-6-8-24(23,3)22(12-18)29-15-19(26)14-25-9-7-16-10-20(27-4)21(28-5)11-17(16)13-25/h10-11,18-19,22,26H,6-9,12-15H2,1-5H3/t18-,19-,22+,24-/m1/s1. The van der Waals surface area contributed by atoms with Crippen molar-refractivity contribution in [3.8, 4) is 11.5 Å². The van der Waals surface area contributed by atoms with E-state index in [1.54, 1.807) is 14.2 Å². The van der Waals surface area contributed by atoms with E-state index in [9.17, 15) is 5.11 Å². The van der Waals surface area contributed by atoms with E-state index in [1.807, 2.05) is 0 Å². The van der Waals surface area contributed by atoms with E-state index in [1.165, 1.54) is 24.0 Å². The van der Waals surface area contributed by atoms with Crippen LogP contribution in [0.1, 0.15) is 51.2 Å². The highest BCUT2D eigenvalue weighted by Crippen LogP contribution is 2.66. The number of benzene rings is 1. The Morgan fingerprint density at radius 2 is 1.83 bits per heavy atom. The molecule has 2 saturated carbocycles. The summed E-state index contributed by atoms with van der Waals surface area (Å²) in [6.07, 6.45) is 4.51. The molecule has 4 rings (SSSR count). The molecule has 0 spiro atoms. The second-order valence-electron chi connectivity index (χ2n) is 10.0. The summed E-state index contributed by atoms with van der Waals surface area (Å²) in [6.45, 7) is 10.0. The Bertz CT molecular complexity index is 749. The Kier molecular flexibility index (Phi) is 5.60. The molecule has 5 nitrogen and oxygen atoms in total. The Labute approximate surface area is 175 Å². The molecular weight excluding hydrogens is 366 g/mol. The van der Waals surface area contributed by atoms with Gasteiger partial charge in [0.05, 0.1) is 33.0 Å². The van der Waals surface area contributed by atoms with Gasteiger partial charge in [0.15, 0.2) is 11.5 Å². The fourth-order valence-electron chi connectivity index (χ4n) is 6.06. The fraction of sp³-hybridized carbons (Fsp3) is 0.750. The van der Waals surface area contributed by atoms with Crippen LogP contribution in [0.4, 0.5) is 0 Å². The van der Waals surface area contributed by atoms with Gasteiger partial charge in [-0.05, 0) is 65.7 Å². The summed E-state index contributed by atoms with van der Waals surface area (Å²) in [5.74, 6) is 2.32. The molecule has 4 atom stereocenters. The van der Waals surface area contributed by atoms with Crippen molar-refractivity contribution < 1.29 is 19.3 Å². The van der Waals surface area contributed by atoms with E-state index in [2.05, 4.69) is 37.8 Å². The Morgan fingerprint density at radius 3 is 2.41 bits per heavy atom. The lowest BCUT2D eigenvalue weighted by Gasteiger charge is -2.39. The van der Waals surface area contributed by atoms with Crippen LogP contribution in [0.5, 0.6) is 11.5 Å². The number of ether oxygens (including phenoxy) is 3. The molecule has 0 saturated heterocycles. The van der Waals surface area contributed by atoms with Gasteiger partial charge < -0.3 is 19.3 Å². The molecule has 1 N–H and O–H groups in total. The minimum absolute atomic E-state index is 0.247. The number of aliphatic hydroxyl groups excluding tert-OH is 1. The average Bonchev–Trinajstić information content (AvgIpc) is 3.04. The average molecular weight is 404 g/mol. The minimum Gasteiger partial charge on any atom is -0.493 e. The molecule has 3 aliphatic rings. The largest absolute Gasteiger partial charge is 0.493 e.